The van der Waals surface area contributed by atoms with Gasteiger partial charge in [-0.15, -0.1) is 0 Å². The van der Waals surface area contributed by atoms with Crippen molar-refractivity contribution in [3.63, 3.8) is 0 Å². The summed E-state index contributed by atoms with van der Waals surface area (Å²) in [5, 5.41) is 9.93. The van der Waals surface area contributed by atoms with Crippen LogP contribution in [0.15, 0.2) is 0 Å². The lowest BCUT2D eigenvalue weighted by atomic mass is 11.2. The van der Waals surface area contributed by atoms with Crippen LogP contribution in [-0.4, -0.2) is 4.32 Å². The zero-order valence-corrected chi connectivity index (χ0v) is 4.90. The van der Waals surface area contributed by atoms with Crippen molar-refractivity contribution in [2.45, 2.75) is 0 Å². The molecule has 0 heterocycles. The van der Waals surface area contributed by atoms with Crippen LogP contribution in [0.5, 0.6) is 0 Å². The van der Waals surface area contributed by atoms with Crippen molar-refractivity contribution in [2.75, 3.05) is 0 Å². The lowest BCUT2D eigenvalue weighted by Gasteiger charge is -1.67. The Morgan fingerprint density at radius 3 is 2.71 bits per heavy atom. The fraction of sp³-hybridized carbons (Fsp3) is 0. The number of hydrogen-bond donors (Lipinski definition) is 2. The van der Waals surface area contributed by atoms with E-state index in [0.717, 1.165) is 0 Å². The van der Waals surface area contributed by atoms with Crippen LogP contribution in [0.1, 0.15) is 0 Å². The number of thiocarbonyl (C=S) groups is 1. The Balaban J connectivity index is 3.42. The van der Waals surface area contributed by atoms with Crippen LogP contribution in [0.2, 0.25) is 0 Å². The molecule has 0 rings (SSSR count). The Kier molecular flexibility index (Phi) is 3.28. The molecule has 0 aliphatic carbocycles. The van der Waals surface area contributed by atoms with Crippen molar-refractivity contribution in [2.24, 2.45) is 0 Å². The summed E-state index contributed by atoms with van der Waals surface area (Å²) in [5.74, 6) is 0. The van der Waals surface area contributed by atoms with Crippen LogP contribution in [0.25, 0.3) is 0 Å². The largest absolute Gasteiger partial charge is 0.407 e. The van der Waals surface area contributed by atoms with E-state index in [0.29, 0.717) is 11.6 Å². The van der Waals surface area contributed by atoms with Crippen LogP contribution >= 0.6 is 12.2 Å². The van der Waals surface area contributed by atoms with Gasteiger partial charge in [0.25, 0.3) is 0 Å². The van der Waals surface area contributed by atoms with Gasteiger partial charge in [0.15, 0.2) is 6.19 Å². The van der Waals surface area contributed by atoms with Crippen molar-refractivity contribution in [3.8, 4) is 6.19 Å². The van der Waals surface area contributed by atoms with E-state index in [1.165, 1.54) is 0 Å². The SMILES string of the molecule is N#CNC(=S)[S+]=N. The first-order chi connectivity index (χ1) is 3.31. The zero-order valence-electron chi connectivity index (χ0n) is 3.26. The first-order valence-electron chi connectivity index (χ1n) is 1.34. The molecule has 0 aliphatic heterocycles. The maximum atomic E-state index is 7.82. The monoisotopic (exact) mass is 132 g/mol. The fourth-order valence-corrected chi connectivity index (χ4v) is 0.213. The molecule has 3 nitrogen and oxygen atoms in total. The quantitative estimate of drug-likeness (QED) is 0.214. The van der Waals surface area contributed by atoms with Gasteiger partial charge in [-0.25, -0.2) is 5.32 Å². The van der Waals surface area contributed by atoms with Crippen LogP contribution < -0.4 is 5.32 Å². The second kappa shape index (κ2) is 3.59. The molecule has 0 saturated heterocycles. The van der Waals surface area contributed by atoms with E-state index in [9.17, 15) is 0 Å². The Morgan fingerprint density at radius 1 is 2.00 bits per heavy atom. The normalized spacial score (nSPS) is 6.14. The molecule has 0 aliphatic rings. The first-order valence-corrected chi connectivity index (χ1v) is 2.56. The van der Waals surface area contributed by atoms with E-state index in [1.54, 1.807) is 6.19 Å². The molecule has 7 heavy (non-hydrogen) atoms. The molecule has 0 bridgehead atoms. The smallest absolute Gasteiger partial charge is 0.232 e. The predicted octanol–water partition coefficient (Wildman–Crippen LogP) is 0.187. The molecule has 2 N–H and O–H groups in total. The second-order valence-electron chi connectivity index (χ2n) is 0.626. The van der Waals surface area contributed by atoms with E-state index in [2.05, 4.69) is 17.5 Å². The number of nitrogens with zero attached hydrogens (tertiary/aromatic N) is 1. The third kappa shape index (κ3) is 3.22. The lowest BCUT2D eigenvalue weighted by molar-refractivity contribution is 1.31. The van der Waals surface area contributed by atoms with Crippen molar-refractivity contribution in [3.05, 3.63) is 0 Å². The van der Waals surface area contributed by atoms with Crippen LogP contribution in [0.3, 0.4) is 0 Å². The summed E-state index contributed by atoms with van der Waals surface area (Å²) in [5.41, 5.74) is 0. The molecule has 0 aromatic rings. The fourth-order valence-electron chi connectivity index (χ4n) is 0.0712. The number of nitriles is 1. The molecule has 0 aromatic heterocycles. The minimum absolute atomic E-state index is 0.183. The summed E-state index contributed by atoms with van der Waals surface area (Å²) in [4.78, 5) is 0. The van der Waals surface area contributed by atoms with Gasteiger partial charge in [0.05, 0.1) is 0 Å². The van der Waals surface area contributed by atoms with Crippen molar-refractivity contribution < 1.29 is 0 Å². The van der Waals surface area contributed by atoms with Gasteiger partial charge in [0.2, 0.25) is 0 Å². The van der Waals surface area contributed by atoms with E-state index >= 15 is 0 Å². The van der Waals surface area contributed by atoms with Gasteiger partial charge in [-0.3, -0.25) is 0 Å². The van der Waals surface area contributed by atoms with E-state index < -0.39 is 0 Å². The summed E-state index contributed by atoms with van der Waals surface area (Å²) >= 11 is 4.99. The summed E-state index contributed by atoms with van der Waals surface area (Å²) < 4.78 is 6.66. The Hall–Kier alpha value is -0.600. The number of rotatable bonds is 0. The summed E-state index contributed by atoms with van der Waals surface area (Å²) in [7, 11) is 0. The van der Waals surface area contributed by atoms with Gasteiger partial charge >= 0.3 is 15.9 Å². The van der Waals surface area contributed by atoms with Crippen molar-refractivity contribution in [1.29, 1.82) is 10.0 Å². The van der Waals surface area contributed by atoms with Gasteiger partial charge in [-0.2, -0.15) is 5.26 Å². The second-order valence-corrected chi connectivity index (χ2v) is 1.91. The summed E-state index contributed by atoms with van der Waals surface area (Å²) in [6, 6.07) is 0. The third-order valence-corrected chi connectivity index (χ3v) is 0.890. The van der Waals surface area contributed by atoms with E-state index in [4.69, 9.17) is 10.0 Å². The number of nitrogens with one attached hydrogen (secondary N) is 2. The molecular weight excluding hydrogens is 130 g/mol. The molecular formula is C2H2N3S2+. The maximum absolute atomic E-state index is 7.82. The zero-order chi connectivity index (χ0) is 5.70. The Morgan fingerprint density at radius 2 is 2.57 bits per heavy atom. The van der Waals surface area contributed by atoms with Gasteiger partial charge in [-0.05, 0) is 4.78 Å². The molecule has 0 atom stereocenters. The van der Waals surface area contributed by atoms with Crippen molar-refractivity contribution in [1.82, 2.24) is 5.32 Å². The Labute approximate surface area is 50.3 Å². The summed E-state index contributed by atoms with van der Waals surface area (Å²) in [6.45, 7) is 0. The van der Waals surface area contributed by atoms with Gasteiger partial charge in [-0.1, -0.05) is 0 Å². The van der Waals surface area contributed by atoms with E-state index in [-0.39, 0.29) is 4.32 Å². The highest BCUT2D eigenvalue weighted by molar-refractivity contribution is 8.03. The highest BCUT2D eigenvalue weighted by Crippen LogP contribution is 1.62. The molecule has 0 unspecified atom stereocenters. The predicted molar refractivity (Wildman–Crippen MR) is 31.4 cm³/mol. The highest BCUT2D eigenvalue weighted by Gasteiger charge is 2.00. The average Bonchev–Trinajstić information content (AvgIpc) is 1.68. The van der Waals surface area contributed by atoms with Crippen LogP contribution in [0, 0.1) is 16.2 Å². The Bertz CT molecular complexity index is 123. The average molecular weight is 132 g/mol. The summed E-state index contributed by atoms with van der Waals surface area (Å²) in [6.07, 6.45) is 1.59. The molecule has 0 amide bonds. The molecule has 5 heteroatoms. The van der Waals surface area contributed by atoms with Crippen LogP contribution in [-0.2, 0) is 11.6 Å². The molecule has 0 fully saturated rings. The minimum atomic E-state index is 0.183. The molecule has 0 spiro atoms. The lowest BCUT2D eigenvalue weighted by Crippen LogP contribution is -2.11. The highest BCUT2D eigenvalue weighted by atomic mass is 32.2. The van der Waals surface area contributed by atoms with Gasteiger partial charge in [0.1, 0.15) is 0 Å². The van der Waals surface area contributed by atoms with Crippen LogP contribution in [0.4, 0.5) is 0 Å². The van der Waals surface area contributed by atoms with E-state index in [1.807, 2.05) is 0 Å². The molecule has 0 radical (unpaired) electrons. The first kappa shape index (κ1) is 6.40. The number of hydrogen-bond acceptors (Lipinski definition) is 3. The molecule has 0 saturated carbocycles. The third-order valence-electron chi connectivity index (χ3n) is 0.251. The van der Waals surface area contributed by atoms with Gasteiger partial charge < -0.3 is 0 Å². The standard InChI is InChI=1S/C2HN3S2/c3-1-5-2(6)7-4/h4H/p+1. The molecule has 36 valence electrons. The van der Waals surface area contributed by atoms with Gasteiger partial charge in [0, 0.05) is 12.2 Å². The topological polar surface area (TPSA) is 59.7 Å². The molecule has 0 aromatic carbocycles. The maximum Gasteiger partial charge on any atom is 0.407 e. The van der Waals surface area contributed by atoms with Crippen molar-refractivity contribution >= 4 is 28.1 Å². The minimum Gasteiger partial charge on any atom is -0.232 e.